The lowest BCUT2D eigenvalue weighted by Crippen LogP contribution is -2.41. The van der Waals surface area contributed by atoms with Crippen molar-refractivity contribution in [2.45, 2.75) is 18.2 Å². The van der Waals surface area contributed by atoms with Gasteiger partial charge in [0, 0.05) is 11.3 Å². The third kappa shape index (κ3) is 5.16. The molecule has 2 N–H and O–H groups in total. The predicted octanol–water partition coefficient (Wildman–Crippen LogP) is 2.05. The minimum Gasteiger partial charge on any atom is -0.480 e. The van der Waals surface area contributed by atoms with Gasteiger partial charge < -0.3 is 10.4 Å². The molecule has 104 valence electrons. The molecule has 0 saturated heterocycles. The Morgan fingerprint density at radius 1 is 1.47 bits per heavy atom. The Kier molecular flexibility index (Phi) is 6.80. The van der Waals surface area contributed by atoms with E-state index < -0.39 is 12.0 Å². The lowest BCUT2D eigenvalue weighted by molar-refractivity contribution is -0.139. The maximum absolute atomic E-state index is 12.0. The van der Waals surface area contributed by atoms with Crippen molar-refractivity contribution in [1.29, 1.82) is 0 Å². The Morgan fingerprint density at radius 3 is 2.79 bits per heavy atom. The monoisotopic (exact) mass is 299 g/mol. The van der Waals surface area contributed by atoms with Crippen molar-refractivity contribution >= 4 is 36.3 Å². The molecule has 19 heavy (non-hydrogen) atoms. The fourth-order valence-corrected chi connectivity index (χ4v) is 2.37. The first-order chi connectivity index (χ1) is 9.08. The molecule has 0 bridgehead atoms. The number of thiol groups is 1. The van der Waals surface area contributed by atoms with Crippen LogP contribution in [0, 0.1) is 0 Å². The van der Waals surface area contributed by atoms with Gasteiger partial charge in [0.05, 0.1) is 0 Å². The summed E-state index contributed by atoms with van der Waals surface area (Å²) in [6, 6.07) is 6.31. The fraction of sp³-hybridized carbons (Fsp3) is 0.385. The lowest BCUT2D eigenvalue weighted by Gasteiger charge is -2.13. The van der Waals surface area contributed by atoms with E-state index in [1.807, 2.05) is 12.3 Å². The summed E-state index contributed by atoms with van der Waals surface area (Å²) in [4.78, 5) is 23.0. The number of hydrogen-bond acceptors (Lipinski definition) is 4. The van der Waals surface area contributed by atoms with Crippen molar-refractivity contribution in [3.8, 4) is 0 Å². The number of carboxylic acid groups (broad SMARTS) is 1. The summed E-state index contributed by atoms with van der Waals surface area (Å²) in [6.45, 7) is 0. The number of carbonyl (C=O) groups is 2. The summed E-state index contributed by atoms with van der Waals surface area (Å²) in [5, 5.41) is 11.5. The normalized spacial score (nSPS) is 11.9. The number of carbonyl (C=O) groups excluding carboxylic acids is 1. The number of rotatable bonds is 7. The quantitative estimate of drug-likeness (QED) is 0.674. The maximum atomic E-state index is 12.0. The fourth-order valence-electron chi connectivity index (χ4n) is 1.60. The number of benzene rings is 1. The van der Waals surface area contributed by atoms with Crippen molar-refractivity contribution in [1.82, 2.24) is 5.32 Å². The molecule has 1 amide bonds. The van der Waals surface area contributed by atoms with Gasteiger partial charge in [-0.15, -0.1) is 0 Å². The molecule has 1 atom stereocenters. The Hall–Kier alpha value is -1.14. The van der Waals surface area contributed by atoms with Gasteiger partial charge >= 0.3 is 5.97 Å². The van der Waals surface area contributed by atoms with Gasteiger partial charge in [0.25, 0.3) is 5.91 Å². The Balaban J connectivity index is 2.76. The van der Waals surface area contributed by atoms with E-state index in [4.69, 9.17) is 5.11 Å². The molecule has 6 heteroatoms. The Labute approximate surface area is 122 Å². The highest BCUT2D eigenvalue weighted by Gasteiger charge is 2.19. The highest BCUT2D eigenvalue weighted by atomic mass is 32.2. The van der Waals surface area contributed by atoms with Crippen molar-refractivity contribution in [2.75, 3.05) is 12.0 Å². The van der Waals surface area contributed by atoms with Gasteiger partial charge in [-0.05, 0) is 36.1 Å². The number of hydrogen-bond donors (Lipinski definition) is 3. The molecule has 0 aliphatic carbocycles. The van der Waals surface area contributed by atoms with Gasteiger partial charge in [0.15, 0.2) is 0 Å². The molecule has 0 radical (unpaired) electrons. The third-order valence-corrected chi connectivity index (χ3v) is 3.40. The van der Waals surface area contributed by atoms with Crippen LogP contribution in [-0.4, -0.2) is 35.0 Å². The van der Waals surface area contributed by atoms with Crippen LogP contribution in [0.15, 0.2) is 24.3 Å². The minimum atomic E-state index is -1.04. The highest BCUT2D eigenvalue weighted by molar-refractivity contribution is 7.97. The Bertz CT molecular complexity index is 451. The van der Waals surface area contributed by atoms with E-state index in [2.05, 4.69) is 17.9 Å². The number of nitrogens with one attached hydrogen (secondary N) is 1. The van der Waals surface area contributed by atoms with Crippen LogP contribution in [-0.2, 0) is 10.5 Å². The third-order valence-electron chi connectivity index (χ3n) is 2.52. The molecular formula is C13H17NO3S2. The average Bonchev–Trinajstić information content (AvgIpc) is 2.38. The molecule has 0 aliphatic rings. The zero-order valence-corrected chi connectivity index (χ0v) is 12.3. The SMILES string of the molecule is CSCc1cccc(C(=O)NC(CCS)C(=O)O)c1. The largest absolute Gasteiger partial charge is 0.480 e. The number of carboxylic acids is 1. The van der Waals surface area contributed by atoms with E-state index >= 15 is 0 Å². The van der Waals surface area contributed by atoms with Gasteiger partial charge in [0.1, 0.15) is 6.04 Å². The van der Waals surface area contributed by atoms with Crippen LogP contribution in [0.25, 0.3) is 0 Å². The van der Waals surface area contributed by atoms with Gasteiger partial charge in [0.2, 0.25) is 0 Å². The molecule has 1 rings (SSSR count). The lowest BCUT2D eigenvalue weighted by atomic mass is 10.1. The van der Waals surface area contributed by atoms with Crippen LogP contribution in [0.5, 0.6) is 0 Å². The molecule has 1 aromatic carbocycles. The highest BCUT2D eigenvalue weighted by Crippen LogP contribution is 2.11. The van der Waals surface area contributed by atoms with Crippen LogP contribution in [0.3, 0.4) is 0 Å². The summed E-state index contributed by atoms with van der Waals surface area (Å²) in [7, 11) is 0. The van der Waals surface area contributed by atoms with Crippen molar-refractivity contribution in [3.05, 3.63) is 35.4 Å². The number of amides is 1. The van der Waals surface area contributed by atoms with E-state index in [0.29, 0.717) is 17.7 Å². The van der Waals surface area contributed by atoms with Crippen molar-refractivity contribution in [2.24, 2.45) is 0 Å². The zero-order chi connectivity index (χ0) is 14.3. The van der Waals surface area contributed by atoms with E-state index in [1.165, 1.54) is 0 Å². The smallest absolute Gasteiger partial charge is 0.326 e. The molecule has 0 aliphatic heterocycles. The molecule has 1 aromatic rings. The van der Waals surface area contributed by atoms with Crippen LogP contribution in [0.1, 0.15) is 22.3 Å². The second kappa shape index (κ2) is 8.12. The topological polar surface area (TPSA) is 66.4 Å². The molecule has 0 aromatic heterocycles. The predicted molar refractivity (Wildman–Crippen MR) is 81.0 cm³/mol. The van der Waals surface area contributed by atoms with Crippen molar-refractivity contribution in [3.63, 3.8) is 0 Å². The zero-order valence-electron chi connectivity index (χ0n) is 10.6. The summed E-state index contributed by atoms with van der Waals surface area (Å²) < 4.78 is 0. The molecule has 4 nitrogen and oxygen atoms in total. The van der Waals surface area contributed by atoms with Crippen LogP contribution in [0.2, 0.25) is 0 Å². The van der Waals surface area contributed by atoms with E-state index in [1.54, 1.807) is 30.0 Å². The minimum absolute atomic E-state index is 0.300. The second-order valence-corrected chi connectivity index (χ2v) is 5.32. The summed E-state index contributed by atoms with van der Waals surface area (Å²) in [6.07, 6.45) is 2.29. The Morgan fingerprint density at radius 2 is 2.21 bits per heavy atom. The summed E-state index contributed by atoms with van der Waals surface area (Å²) in [5.41, 5.74) is 1.53. The van der Waals surface area contributed by atoms with Crippen LogP contribution in [0.4, 0.5) is 0 Å². The van der Waals surface area contributed by atoms with E-state index in [-0.39, 0.29) is 5.91 Å². The number of thioether (sulfide) groups is 1. The first kappa shape index (κ1) is 15.9. The van der Waals surface area contributed by atoms with Gasteiger partial charge in [-0.1, -0.05) is 12.1 Å². The maximum Gasteiger partial charge on any atom is 0.326 e. The molecular weight excluding hydrogens is 282 g/mol. The van der Waals surface area contributed by atoms with Crippen LogP contribution >= 0.6 is 24.4 Å². The molecule has 0 heterocycles. The summed E-state index contributed by atoms with van der Waals surface area (Å²) in [5.74, 6) is -0.177. The molecule has 0 saturated carbocycles. The van der Waals surface area contributed by atoms with E-state index in [9.17, 15) is 9.59 Å². The average molecular weight is 299 g/mol. The summed E-state index contributed by atoms with van der Waals surface area (Å²) >= 11 is 5.66. The van der Waals surface area contributed by atoms with Gasteiger partial charge in [-0.2, -0.15) is 24.4 Å². The van der Waals surface area contributed by atoms with Gasteiger partial charge in [-0.25, -0.2) is 4.79 Å². The molecule has 1 unspecified atom stereocenters. The van der Waals surface area contributed by atoms with Crippen molar-refractivity contribution < 1.29 is 14.7 Å². The van der Waals surface area contributed by atoms with E-state index in [0.717, 1.165) is 11.3 Å². The first-order valence-corrected chi connectivity index (χ1v) is 7.83. The second-order valence-electron chi connectivity index (χ2n) is 4.01. The molecule has 0 spiro atoms. The first-order valence-electron chi connectivity index (χ1n) is 5.81. The van der Waals surface area contributed by atoms with Gasteiger partial charge in [-0.3, -0.25) is 4.79 Å². The number of aliphatic carboxylic acids is 1. The van der Waals surface area contributed by atoms with Crippen LogP contribution < -0.4 is 5.32 Å². The molecule has 0 fully saturated rings. The standard InChI is InChI=1S/C13H17NO3S2/c1-19-8-9-3-2-4-10(7-9)12(15)14-11(5-6-18)13(16)17/h2-4,7,11,18H,5-6,8H2,1H3,(H,14,15)(H,16,17).